The molecule has 0 bridgehead atoms. The molecule has 0 aliphatic heterocycles. The molecule has 4 nitrogen and oxygen atoms in total. The molecule has 348 valence electrons. The van der Waals surface area contributed by atoms with Crippen LogP contribution in [0.3, 0.4) is 0 Å². The lowest BCUT2D eigenvalue weighted by Gasteiger charge is -2.19. The lowest BCUT2D eigenvalue weighted by Crippen LogP contribution is -2.45. The van der Waals surface area contributed by atoms with E-state index >= 15 is 0 Å². The predicted molar refractivity (Wildman–Crippen MR) is 275 cm³/mol. The highest BCUT2D eigenvalue weighted by atomic mass is 16.3. The maximum absolute atomic E-state index is 12.4. The van der Waals surface area contributed by atoms with Crippen molar-refractivity contribution in [3.05, 3.63) is 146 Å². The molecule has 0 spiro atoms. The molecule has 0 rings (SSSR count). The zero-order valence-corrected chi connectivity index (χ0v) is 39.8. The van der Waals surface area contributed by atoms with Gasteiger partial charge in [-0.1, -0.05) is 217 Å². The maximum atomic E-state index is 12.4. The van der Waals surface area contributed by atoms with E-state index in [4.69, 9.17) is 0 Å². The van der Waals surface area contributed by atoms with Gasteiger partial charge >= 0.3 is 0 Å². The molecule has 0 aliphatic rings. The summed E-state index contributed by atoms with van der Waals surface area (Å²) in [5, 5.41) is 23.0. The second kappa shape index (κ2) is 51.6. The molecule has 2 atom stereocenters. The number of aliphatic hydroxyl groups is 2. The van der Waals surface area contributed by atoms with Crippen molar-refractivity contribution >= 4 is 5.91 Å². The highest BCUT2D eigenvalue weighted by Crippen LogP contribution is 2.11. The third kappa shape index (κ3) is 47.3. The first-order chi connectivity index (χ1) is 30.7. The second-order valence-electron chi connectivity index (χ2n) is 16.1. The molecule has 0 aromatic rings. The number of carbonyl (C=O) groups excluding carboxylic acids is 1. The number of aliphatic hydroxyl groups excluding tert-OH is 2. The Morgan fingerprint density at radius 1 is 0.403 bits per heavy atom. The van der Waals surface area contributed by atoms with E-state index in [-0.39, 0.29) is 12.5 Å². The molecule has 0 saturated heterocycles. The second-order valence-corrected chi connectivity index (χ2v) is 16.1. The Hall–Kier alpha value is -3.73. The first-order valence-corrected chi connectivity index (χ1v) is 25.0. The summed E-state index contributed by atoms with van der Waals surface area (Å²) in [7, 11) is 0. The molecule has 4 heteroatoms. The van der Waals surface area contributed by atoms with Gasteiger partial charge in [-0.2, -0.15) is 0 Å². The number of allylic oxidation sites excluding steroid dienone is 23. The number of amides is 1. The van der Waals surface area contributed by atoms with E-state index in [1.807, 2.05) is 6.08 Å². The maximum Gasteiger partial charge on any atom is 0.220 e. The Labute approximate surface area is 383 Å². The van der Waals surface area contributed by atoms with Gasteiger partial charge < -0.3 is 15.5 Å². The minimum absolute atomic E-state index is 0.0973. The Morgan fingerprint density at radius 3 is 1.13 bits per heavy atom. The smallest absolute Gasteiger partial charge is 0.220 e. The normalized spacial score (nSPS) is 14.2. The number of nitrogens with one attached hydrogen (secondary N) is 1. The monoisotopic (exact) mass is 852 g/mol. The van der Waals surface area contributed by atoms with Crippen LogP contribution in [0.5, 0.6) is 0 Å². The van der Waals surface area contributed by atoms with Gasteiger partial charge in [0.15, 0.2) is 0 Å². The first kappa shape index (κ1) is 58.3. The number of hydrogen-bond acceptors (Lipinski definition) is 3. The van der Waals surface area contributed by atoms with Gasteiger partial charge in [-0.15, -0.1) is 0 Å². The topological polar surface area (TPSA) is 69.6 Å². The van der Waals surface area contributed by atoms with Crippen LogP contribution in [0.15, 0.2) is 146 Å². The standard InChI is InChI=1S/C58H93NO3/c1-3-5-7-9-11-13-15-17-19-20-21-22-23-24-25-26-27-28-29-30-31-32-33-34-35-36-37-38-40-42-44-46-48-50-52-54-58(62)59-56(55-60)57(61)53-51-49-47-45-43-41-39-18-16-14-12-10-8-6-4-2/h5,7,11,13,16-19,21-22,24-25,27-28,30-31,33-34,36-37,43,45,51,53,56-57,60-61H,3-4,6,8-10,12,14-15,20,23,26,29,32,35,38-42,44,46-50,52,54-55H2,1-2H3,(H,59,62)/b7-5-,13-11-,18-16+,19-17-,22-21-,25-24-,28-27-,31-30-,34-33-,37-36-,45-43+,53-51+. The van der Waals surface area contributed by atoms with Crippen LogP contribution in [-0.4, -0.2) is 34.9 Å². The van der Waals surface area contributed by atoms with Crippen LogP contribution in [0.2, 0.25) is 0 Å². The van der Waals surface area contributed by atoms with E-state index in [0.29, 0.717) is 6.42 Å². The largest absolute Gasteiger partial charge is 0.394 e. The number of carbonyl (C=O) groups is 1. The van der Waals surface area contributed by atoms with Crippen LogP contribution in [0, 0.1) is 0 Å². The van der Waals surface area contributed by atoms with Gasteiger partial charge in [0.25, 0.3) is 0 Å². The molecule has 0 aromatic heterocycles. The average molecular weight is 852 g/mol. The Kier molecular flexibility index (Phi) is 48.5. The zero-order chi connectivity index (χ0) is 44.9. The highest BCUT2D eigenvalue weighted by Gasteiger charge is 2.17. The van der Waals surface area contributed by atoms with Crippen molar-refractivity contribution in [3.63, 3.8) is 0 Å². The fourth-order valence-electron chi connectivity index (χ4n) is 6.49. The van der Waals surface area contributed by atoms with Crippen LogP contribution in [0.4, 0.5) is 0 Å². The fraction of sp³-hybridized carbons (Fsp3) is 0.569. The summed E-state index contributed by atoms with van der Waals surface area (Å²) < 4.78 is 0. The van der Waals surface area contributed by atoms with Crippen molar-refractivity contribution in [2.24, 2.45) is 0 Å². The summed E-state index contributed by atoms with van der Waals surface area (Å²) in [4.78, 5) is 12.4. The summed E-state index contributed by atoms with van der Waals surface area (Å²) in [5.74, 6) is -0.0973. The van der Waals surface area contributed by atoms with Crippen molar-refractivity contribution in [2.45, 2.75) is 206 Å². The molecule has 0 heterocycles. The van der Waals surface area contributed by atoms with Crippen molar-refractivity contribution in [1.82, 2.24) is 5.32 Å². The summed E-state index contributed by atoms with van der Waals surface area (Å²) in [6.45, 7) is 4.14. The number of hydrogen-bond donors (Lipinski definition) is 3. The van der Waals surface area contributed by atoms with Gasteiger partial charge in [-0.3, -0.25) is 4.79 Å². The number of rotatable bonds is 43. The van der Waals surface area contributed by atoms with E-state index in [9.17, 15) is 15.0 Å². The predicted octanol–water partition coefficient (Wildman–Crippen LogP) is 16.5. The molecule has 1 amide bonds. The van der Waals surface area contributed by atoms with E-state index in [1.54, 1.807) is 6.08 Å². The van der Waals surface area contributed by atoms with E-state index < -0.39 is 12.1 Å². The van der Waals surface area contributed by atoms with Gasteiger partial charge in [-0.25, -0.2) is 0 Å². The third-order valence-corrected chi connectivity index (χ3v) is 10.3. The van der Waals surface area contributed by atoms with Crippen LogP contribution < -0.4 is 5.32 Å². The molecule has 62 heavy (non-hydrogen) atoms. The molecule has 2 unspecified atom stereocenters. The van der Waals surface area contributed by atoms with Crippen LogP contribution in [-0.2, 0) is 4.79 Å². The van der Waals surface area contributed by atoms with Crippen LogP contribution >= 0.6 is 0 Å². The molecular formula is C58H93NO3. The van der Waals surface area contributed by atoms with Crippen molar-refractivity contribution in [1.29, 1.82) is 0 Å². The molecule has 0 radical (unpaired) electrons. The minimum Gasteiger partial charge on any atom is -0.394 e. The zero-order valence-electron chi connectivity index (χ0n) is 39.8. The number of unbranched alkanes of at least 4 members (excludes halogenated alkanes) is 14. The fourth-order valence-corrected chi connectivity index (χ4v) is 6.49. The quantitative estimate of drug-likeness (QED) is 0.0423. The van der Waals surface area contributed by atoms with Gasteiger partial charge in [0.05, 0.1) is 18.8 Å². The SMILES string of the molecule is CC/C=C\C/C=C\C/C=C\C/C=C\C/C=C\C/C=C\C/C=C\C/C=C\C/C=C\CCCCCCCCCC(=O)NC(CO)C(O)/C=C/CC/C=C/CC/C=C/CCCCCCC. The molecule has 0 aromatic carbocycles. The molecule has 0 aliphatic carbocycles. The van der Waals surface area contributed by atoms with Gasteiger partial charge in [-0.05, 0) is 116 Å². The highest BCUT2D eigenvalue weighted by molar-refractivity contribution is 5.76. The molecule has 0 saturated carbocycles. The summed E-state index contributed by atoms with van der Waals surface area (Å²) in [5.41, 5.74) is 0. The Balaban J connectivity index is 3.71. The van der Waals surface area contributed by atoms with Crippen molar-refractivity contribution in [2.75, 3.05) is 6.61 Å². The van der Waals surface area contributed by atoms with Gasteiger partial charge in [0, 0.05) is 6.42 Å². The summed E-state index contributed by atoms with van der Waals surface area (Å²) in [6.07, 6.45) is 82.5. The molecule has 0 fully saturated rings. The lowest BCUT2D eigenvalue weighted by molar-refractivity contribution is -0.123. The Bertz CT molecular complexity index is 1330. The first-order valence-electron chi connectivity index (χ1n) is 25.0. The van der Waals surface area contributed by atoms with Crippen molar-refractivity contribution < 1.29 is 15.0 Å². The van der Waals surface area contributed by atoms with Crippen LogP contribution in [0.25, 0.3) is 0 Å². The Morgan fingerprint density at radius 2 is 0.726 bits per heavy atom. The van der Waals surface area contributed by atoms with E-state index in [1.165, 1.54) is 64.2 Å². The molecule has 3 N–H and O–H groups in total. The van der Waals surface area contributed by atoms with E-state index in [0.717, 1.165) is 109 Å². The van der Waals surface area contributed by atoms with Crippen LogP contribution in [0.1, 0.15) is 194 Å². The molecular weight excluding hydrogens is 759 g/mol. The van der Waals surface area contributed by atoms with Gasteiger partial charge in [0.2, 0.25) is 5.91 Å². The summed E-state index contributed by atoms with van der Waals surface area (Å²) >= 11 is 0. The third-order valence-electron chi connectivity index (χ3n) is 10.3. The minimum atomic E-state index is -0.885. The lowest BCUT2D eigenvalue weighted by atomic mass is 10.1. The van der Waals surface area contributed by atoms with Gasteiger partial charge in [0.1, 0.15) is 0 Å². The van der Waals surface area contributed by atoms with Crippen molar-refractivity contribution in [3.8, 4) is 0 Å². The average Bonchev–Trinajstić information content (AvgIpc) is 3.28. The van der Waals surface area contributed by atoms with E-state index in [2.05, 4.69) is 153 Å². The summed E-state index contributed by atoms with van der Waals surface area (Å²) in [6, 6.07) is -0.662.